The van der Waals surface area contributed by atoms with Crippen LogP contribution in [0.25, 0.3) is 0 Å². The van der Waals surface area contributed by atoms with Crippen molar-refractivity contribution in [2.75, 3.05) is 0 Å². The van der Waals surface area contributed by atoms with Gasteiger partial charge in [0.05, 0.1) is 0 Å². The molecule has 0 spiro atoms. The summed E-state index contributed by atoms with van der Waals surface area (Å²) in [5, 5.41) is 0. The summed E-state index contributed by atoms with van der Waals surface area (Å²) in [6.45, 7) is 14.2. The smallest absolute Gasteiger partial charge is 0.0149 e. The first kappa shape index (κ1) is 18.8. The fraction of sp³-hybridized carbons (Fsp3) is 0.905. The zero-order chi connectivity index (χ0) is 15.9. The summed E-state index contributed by atoms with van der Waals surface area (Å²) in [5.41, 5.74) is 0.427. The number of allylic oxidation sites excluding steroid dienone is 2. The normalized spacial score (nSPS) is 27.5. The van der Waals surface area contributed by atoms with Crippen molar-refractivity contribution in [2.45, 2.75) is 92.9 Å². The lowest BCUT2D eigenvalue weighted by atomic mass is 9.79. The van der Waals surface area contributed by atoms with Crippen LogP contribution in [0.2, 0.25) is 0 Å². The maximum absolute atomic E-state index is 2.47. The standard InChI is InChI=1S/C21H40/c1-7-13-21(6,9-3)14-12-17(4)10-11-19(8-2)16-20-15-18(20)5/h7,13,17-20H,8-12,14-16H2,1-6H3. The van der Waals surface area contributed by atoms with E-state index < -0.39 is 0 Å². The maximum Gasteiger partial charge on any atom is -0.0149 e. The lowest BCUT2D eigenvalue weighted by Crippen LogP contribution is -2.14. The first-order valence-corrected chi connectivity index (χ1v) is 9.57. The Balaban J connectivity index is 2.24. The Morgan fingerprint density at radius 2 is 1.86 bits per heavy atom. The molecule has 0 aromatic carbocycles. The van der Waals surface area contributed by atoms with Gasteiger partial charge in [0.25, 0.3) is 0 Å². The van der Waals surface area contributed by atoms with Crippen molar-refractivity contribution in [1.29, 1.82) is 0 Å². The van der Waals surface area contributed by atoms with E-state index in [-0.39, 0.29) is 0 Å². The monoisotopic (exact) mass is 292 g/mol. The molecule has 1 saturated carbocycles. The van der Waals surface area contributed by atoms with E-state index in [1.807, 2.05) is 0 Å². The molecule has 0 heteroatoms. The van der Waals surface area contributed by atoms with Crippen LogP contribution in [0.1, 0.15) is 92.9 Å². The molecule has 0 aromatic heterocycles. The lowest BCUT2D eigenvalue weighted by molar-refractivity contribution is 0.301. The van der Waals surface area contributed by atoms with E-state index in [2.05, 4.69) is 53.7 Å². The second-order valence-electron chi connectivity index (χ2n) is 8.21. The number of hydrogen-bond donors (Lipinski definition) is 0. The van der Waals surface area contributed by atoms with E-state index in [1.165, 1.54) is 51.4 Å². The van der Waals surface area contributed by atoms with Gasteiger partial charge in [-0.25, -0.2) is 0 Å². The summed E-state index contributed by atoms with van der Waals surface area (Å²) in [5.74, 6) is 3.99. The minimum absolute atomic E-state index is 0.427. The van der Waals surface area contributed by atoms with Gasteiger partial charge in [-0.1, -0.05) is 66.0 Å². The molecule has 1 aliphatic carbocycles. The van der Waals surface area contributed by atoms with Crippen molar-refractivity contribution >= 4 is 0 Å². The molecule has 124 valence electrons. The molecule has 21 heavy (non-hydrogen) atoms. The summed E-state index contributed by atoms with van der Waals surface area (Å²) < 4.78 is 0. The molecule has 0 amide bonds. The van der Waals surface area contributed by atoms with Crippen molar-refractivity contribution in [3.63, 3.8) is 0 Å². The highest BCUT2D eigenvalue weighted by Gasteiger charge is 2.33. The molecule has 0 bridgehead atoms. The van der Waals surface area contributed by atoms with Crippen molar-refractivity contribution in [2.24, 2.45) is 29.1 Å². The Morgan fingerprint density at radius 1 is 1.19 bits per heavy atom. The van der Waals surface area contributed by atoms with Crippen LogP contribution in [0, 0.1) is 29.1 Å². The third kappa shape index (κ3) is 7.02. The summed E-state index contributed by atoms with van der Waals surface area (Å²) in [7, 11) is 0. The van der Waals surface area contributed by atoms with Gasteiger partial charge in [-0.3, -0.25) is 0 Å². The van der Waals surface area contributed by atoms with E-state index in [4.69, 9.17) is 0 Å². The third-order valence-electron chi connectivity index (χ3n) is 6.14. The highest BCUT2D eigenvalue weighted by molar-refractivity contribution is 4.95. The minimum Gasteiger partial charge on any atom is -0.0911 e. The van der Waals surface area contributed by atoms with Crippen LogP contribution in [0.4, 0.5) is 0 Å². The van der Waals surface area contributed by atoms with Crippen molar-refractivity contribution in [1.82, 2.24) is 0 Å². The number of rotatable bonds is 11. The highest BCUT2D eigenvalue weighted by atomic mass is 14.4. The van der Waals surface area contributed by atoms with E-state index >= 15 is 0 Å². The summed E-state index contributed by atoms with van der Waals surface area (Å²) >= 11 is 0. The summed E-state index contributed by atoms with van der Waals surface area (Å²) in [4.78, 5) is 0. The average Bonchev–Trinajstić information content (AvgIpc) is 3.16. The van der Waals surface area contributed by atoms with Gasteiger partial charge < -0.3 is 0 Å². The quantitative estimate of drug-likeness (QED) is 0.352. The molecule has 0 N–H and O–H groups in total. The van der Waals surface area contributed by atoms with Gasteiger partial charge in [-0.15, -0.1) is 0 Å². The lowest BCUT2D eigenvalue weighted by Gasteiger charge is -2.26. The fourth-order valence-electron chi connectivity index (χ4n) is 3.67. The van der Waals surface area contributed by atoms with Gasteiger partial charge >= 0.3 is 0 Å². The summed E-state index contributed by atoms with van der Waals surface area (Å²) in [6, 6.07) is 0. The molecule has 5 unspecified atom stereocenters. The predicted octanol–water partition coefficient (Wildman–Crippen LogP) is 7.25. The topological polar surface area (TPSA) is 0 Å². The fourth-order valence-corrected chi connectivity index (χ4v) is 3.67. The molecular formula is C21H40. The van der Waals surface area contributed by atoms with E-state index in [9.17, 15) is 0 Å². The SMILES string of the molecule is CC=CC(C)(CC)CCC(C)CCC(CC)CC1CC1C. The zero-order valence-electron chi connectivity index (χ0n) is 15.6. The Morgan fingerprint density at radius 3 is 2.33 bits per heavy atom. The Bertz CT molecular complexity index is 303. The van der Waals surface area contributed by atoms with Gasteiger partial charge in [0.15, 0.2) is 0 Å². The first-order valence-electron chi connectivity index (χ1n) is 9.57. The van der Waals surface area contributed by atoms with Gasteiger partial charge in [0, 0.05) is 0 Å². The molecule has 0 aromatic rings. The van der Waals surface area contributed by atoms with Gasteiger partial charge in [0.2, 0.25) is 0 Å². The summed E-state index contributed by atoms with van der Waals surface area (Å²) in [6.07, 6.45) is 16.0. The zero-order valence-corrected chi connectivity index (χ0v) is 15.6. The molecule has 0 heterocycles. The largest absolute Gasteiger partial charge is 0.0911 e. The van der Waals surface area contributed by atoms with Crippen LogP contribution in [0.15, 0.2) is 12.2 Å². The number of hydrogen-bond acceptors (Lipinski definition) is 0. The van der Waals surface area contributed by atoms with E-state index in [0.29, 0.717) is 5.41 Å². The molecule has 1 rings (SSSR count). The second kappa shape index (κ2) is 9.01. The minimum atomic E-state index is 0.427. The molecular weight excluding hydrogens is 252 g/mol. The Kier molecular flexibility index (Phi) is 8.06. The van der Waals surface area contributed by atoms with Gasteiger partial charge in [0.1, 0.15) is 0 Å². The van der Waals surface area contributed by atoms with Crippen LogP contribution >= 0.6 is 0 Å². The van der Waals surface area contributed by atoms with Crippen molar-refractivity contribution in [3.8, 4) is 0 Å². The van der Waals surface area contributed by atoms with Crippen LogP contribution in [-0.4, -0.2) is 0 Å². The van der Waals surface area contributed by atoms with Crippen LogP contribution in [0.5, 0.6) is 0 Å². The molecule has 0 radical (unpaired) electrons. The molecule has 0 nitrogen and oxygen atoms in total. The van der Waals surface area contributed by atoms with Gasteiger partial charge in [-0.05, 0) is 68.1 Å². The highest BCUT2D eigenvalue weighted by Crippen LogP contribution is 2.44. The maximum atomic E-state index is 2.47. The Labute approximate surface area is 134 Å². The third-order valence-corrected chi connectivity index (χ3v) is 6.14. The van der Waals surface area contributed by atoms with Gasteiger partial charge in [-0.2, -0.15) is 0 Å². The van der Waals surface area contributed by atoms with Crippen molar-refractivity contribution in [3.05, 3.63) is 12.2 Å². The average molecular weight is 293 g/mol. The Hall–Kier alpha value is -0.260. The molecule has 0 saturated heterocycles. The molecule has 0 aliphatic heterocycles. The second-order valence-corrected chi connectivity index (χ2v) is 8.21. The van der Waals surface area contributed by atoms with Crippen LogP contribution in [0.3, 0.4) is 0 Å². The molecule has 1 fully saturated rings. The van der Waals surface area contributed by atoms with Crippen LogP contribution in [-0.2, 0) is 0 Å². The van der Waals surface area contributed by atoms with Crippen LogP contribution < -0.4 is 0 Å². The molecule has 1 aliphatic rings. The van der Waals surface area contributed by atoms with E-state index in [0.717, 1.165) is 23.7 Å². The molecule has 5 atom stereocenters. The predicted molar refractivity (Wildman–Crippen MR) is 96.5 cm³/mol. The first-order chi connectivity index (χ1) is 9.94. The van der Waals surface area contributed by atoms with Crippen molar-refractivity contribution < 1.29 is 0 Å². The van der Waals surface area contributed by atoms with E-state index in [1.54, 1.807) is 0 Å².